The van der Waals surface area contributed by atoms with Crippen LogP contribution in [0.1, 0.15) is 12.8 Å². The van der Waals surface area contributed by atoms with E-state index < -0.39 is 5.97 Å². The minimum absolute atomic E-state index is 0.107. The largest absolute Gasteiger partial charge is 0.481 e. The van der Waals surface area contributed by atoms with Crippen LogP contribution in [0.3, 0.4) is 0 Å². The number of carbonyl (C=O) groups is 1. The van der Waals surface area contributed by atoms with Gasteiger partial charge in [-0.2, -0.15) is 0 Å². The first kappa shape index (κ1) is 11.1. The maximum Gasteiger partial charge on any atom is 0.303 e. The van der Waals surface area contributed by atoms with Crippen molar-refractivity contribution in [1.82, 2.24) is 0 Å². The summed E-state index contributed by atoms with van der Waals surface area (Å²) >= 11 is 5.16. The Morgan fingerprint density at radius 3 is 3.00 bits per heavy atom. The Bertz CT molecular complexity index is 304. The lowest BCUT2D eigenvalue weighted by atomic mass is 9.98. The van der Waals surface area contributed by atoms with Crippen molar-refractivity contribution in [3.63, 3.8) is 0 Å². The highest BCUT2D eigenvalue weighted by molar-refractivity contribution is 7.81. The number of carboxylic acids is 1. The van der Waals surface area contributed by atoms with Crippen molar-refractivity contribution in [1.29, 1.82) is 0 Å². The first-order valence-electron chi connectivity index (χ1n) is 4.31. The predicted molar refractivity (Wildman–Crippen MR) is 57.5 cm³/mol. The second-order valence-corrected chi connectivity index (χ2v) is 3.43. The Morgan fingerprint density at radius 1 is 1.71 bits per heavy atom. The summed E-state index contributed by atoms with van der Waals surface area (Å²) in [6, 6.07) is 0. The van der Waals surface area contributed by atoms with Crippen LogP contribution >= 0.6 is 12.2 Å². The molecule has 0 saturated carbocycles. The topological polar surface area (TPSA) is 46.5 Å². The summed E-state index contributed by atoms with van der Waals surface area (Å²) in [5.74, 6) is -0.808. The van der Waals surface area contributed by atoms with E-state index in [0.29, 0.717) is 11.3 Å². The van der Waals surface area contributed by atoms with Crippen molar-refractivity contribution in [2.45, 2.75) is 18.9 Å². The van der Waals surface area contributed by atoms with E-state index >= 15 is 0 Å². The number of rotatable bonds is 4. The molecule has 0 spiro atoms. The van der Waals surface area contributed by atoms with Gasteiger partial charge in [-0.3, -0.25) is 4.79 Å². The molecule has 0 heterocycles. The monoisotopic (exact) mass is 212 g/mol. The Morgan fingerprint density at radius 2 is 2.43 bits per heavy atom. The fourth-order valence-corrected chi connectivity index (χ4v) is 1.60. The average molecular weight is 212 g/mol. The smallest absolute Gasteiger partial charge is 0.303 e. The average Bonchev–Trinajstić information content (AvgIpc) is 2.16. The number of hydrogen-bond acceptors (Lipinski definition) is 3. The maximum atomic E-state index is 10.4. The second kappa shape index (κ2) is 5.02. The molecule has 0 bridgehead atoms. The molecule has 0 saturated heterocycles. The number of carboxylic acid groups (broad SMARTS) is 1. The summed E-state index contributed by atoms with van der Waals surface area (Å²) in [6.45, 7) is 0. The van der Waals surface area contributed by atoms with Crippen LogP contribution in [0, 0.1) is 0 Å². The van der Waals surface area contributed by atoms with Gasteiger partial charge < -0.3 is 9.84 Å². The molecule has 1 aliphatic carbocycles. The minimum Gasteiger partial charge on any atom is -0.481 e. The number of hydrogen-bond donors (Lipinski definition) is 1. The molecule has 1 aliphatic rings. The molecule has 0 radical (unpaired) electrons. The van der Waals surface area contributed by atoms with Gasteiger partial charge in [-0.15, -0.1) is 0 Å². The highest BCUT2D eigenvalue weighted by atomic mass is 32.1. The third-order valence-electron chi connectivity index (χ3n) is 2.02. The molecule has 0 fully saturated rings. The molecule has 4 heteroatoms. The fraction of sp³-hybridized carbons (Fsp3) is 0.400. The van der Waals surface area contributed by atoms with Crippen LogP contribution in [-0.2, 0) is 9.53 Å². The van der Waals surface area contributed by atoms with Gasteiger partial charge in [-0.1, -0.05) is 30.4 Å². The molecule has 1 atom stereocenters. The van der Waals surface area contributed by atoms with Gasteiger partial charge in [0.05, 0.1) is 4.86 Å². The van der Waals surface area contributed by atoms with E-state index in [2.05, 4.69) is 0 Å². The molecule has 1 rings (SSSR count). The number of methoxy groups -OCH3 is 1. The molecular formula is C10H12O3S. The molecule has 3 nitrogen and oxygen atoms in total. The molecule has 1 N–H and O–H groups in total. The molecule has 0 aromatic heterocycles. The van der Waals surface area contributed by atoms with E-state index in [9.17, 15) is 4.79 Å². The zero-order valence-corrected chi connectivity index (χ0v) is 8.71. The number of ether oxygens (including phenoxy) is 1. The Balaban J connectivity index is 2.60. The molecule has 14 heavy (non-hydrogen) atoms. The lowest BCUT2D eigenvalue weighted by Gasteiger charge is -2.18. The van der Waals surface area contributed by atoms with Crippen LogP contribution in [0.4, 0.5) is 0 Å². The number of allylic oxidation sites excluding steroid dienone is 2. The molecule has 0 aromatic carbocycles. The van der Waals surface area contributed by atoms with Gasteiger partial charge in [0.25, 0.3) is 0 Å². The van der Waals surface area contributed by atoms with E-state index in [4.69, 9.17) is 22.1 Å². The van der Waals surface area contributed by atoms with E-state index in [0.717, 1.165) is 5.57 Å². The summed E-state index contributed by atoms with van der Waals surface area (Å²) in [7, 11) is 1.58. The highest BCUT2D eigenvalue weighted by Gasteiger charge is 2.17. The maximum absolute atomic E-state index is 10.4. The second-order valence-electron chi connectivity index (χ2n) is 2.99. The molecule has 0 aromatic rings. The SMILES string of the molecule is COC1C=CC=C(CCC(=O)O)C1=S. The highest BCUT2D eigenvalue weighted by Crippen LogP contribution is 2.17. The molecule has 76 valence electrons. The zero-order chi connectivity index (χ0) is 10.6. The van der Waals surface area contributed by atoms with E-state index in [1.807, 2.05) is 18.2 Å². The van der Waals surface area contributed by atoms with E-state index in [1.54, 1.807) is 7.11 Å². The van der Waals surface area contributed by atoms with Crippen molar-refractivity contribution in [3.05, 3.63) is 23.8 Å². The molecule has 0 amide bonds. The van der Waals surface area contributed by atoms with Crippen LogP contribution in [-0.4, -0.2) is 29.2 Å². The summed E-state index contributed by atoms with van der Waals surface area (Å²) in [6.07, 6.45) is 5.95. The van der Waals surface area contributed by atoms with Gasteiger partial charge in [-0.05, 0) is 12.0 Å². The summed E-state index contributed by atoms with van der Waals surface area (Å²) in [5, 5.41) is 8.53. The van der Waals surface area contributed by atoms with E-state index in [-0.39, 0.29) is 12.5 Å². The Kier molecular flexibility index (Phi) is 3.98. The lowest BCUT2D eigenvalue weighted by molar-refractivity contribution is -0.136. The van der Waals surface area contributed by atoms with Crippen molar-refractivity contribution >= 4 is 23.1 Å². The molecule has 1 unspecified atom stereocenters. The Labute approximate surface area is 88.1 Å². The normalized spacial score (nSPS) is 20.8. The van der Waals surface area contributed by atoms with Crippen molar-refractivity contribution < 1.29 is 14.6 Å². The van der Waals surface area contributed by atoms with Crippen LogP contribution in [0.5, 0.6) is 0 Å². The zero-order valence-electron chi connectivity index (χ0n) is 7.90. The predicted octanol–water partition coefficient (Wildman–Crippen LogP) is 1.73. The molecular weight excluding hydrogens is 200 g/mol. The quantitative estimate of drug-likeness (QED) is 0.721. The summed E-state index contributed by atoms with van der Waals surface area (Å²) in [4.78, 5) is 11.1. The summed E-state index contributed by atoms with van der Waals surface area (Å²) in [5.41, 5.74) is 0.886. The van der Waals surface area contributed by atoms with Crippen LogP contribution in [0.15, 0.2) is 23.8 Å². The lowest BCUT2D eigenvalue weighted by Crippen LogP contribution is -2.23. The van der Waals surface area contributed by atoms with E-state index in [1.165, 1.54) is 0 Å². The first-order valence-corrected chi connectivity index (χ1v) is 4.72. The standard InChI is InChI=1S/C10H12O3S/c1-13-8-4-2-3-7(10(8)14)5-6-9(11)12/h2-4,8H,5-6H2,1H3,(H,11,12). The van der Waals surface area contributed by atoms with Gasteiger partial charge in [0.15, 0.2) is 0 Å². The van der Waals surface area contributed by atoms with Gasteiger partial charge in [-0.25, -0.2) is 0 Å². The Hall–Kier alpha value is -1.00. The van der Waals surface area contributed by atoms with Crippen LogP contribution in [0.25, 0.3) is 0 Å². The van der Waals surface area contributed by atoms with Crippen molar-refractivity contribution in [2.24, 2.45) is 0 Å². The van der Waals surface area contributed by atoms with Gasteiger partial charge in [0.1, 0.15) is 6.10 Å². The minimum atomic E-state index is -0.808. The van der Waals surface area contributed by atoms with Gasteiger partial charge >= 0.3 is 5.97 Å². The summed E-state index contributed by atoms with van der Waals surface area (Å²) < 4.78 is 5.12. The third-order valence-corrected chi connectivity index (χ3v) is 2.51. The van der Waals surface area contributed by atoms with Crippen molar-refractivity contribution in [2.75, 3.05) is 7.11 Å². The third kappa shape index (κ3) is 2.75. The fourth-order valence-electron chi connectivity index (χ4n) is 1.26. The van der Waals surface area contributed by atoms with Crippen LogP contribution < -0.4 is 0 Å². The van der Waals surface area contributed by atoms with Crippen molar-refractivity contribution in [3.8, 4) is 0 Å². The number of thiocarbonyl (C=S) groups is 1. The van der Waals surface area contributed by atoms with Gasteiger partial charge in [0.2, 0.25) is 0 Å². The van der Waals surface area contributed by atoms with Crippen LogP contribution in [0.2, 0.25) is 0 Å². The molecule has 0 aliphatic heterocycles. The first-order chi connectivity index (χ1) is 6.65. The number of aliphatic carboxylic acids is 1. The van der Waals surface area contributed by atoms with Gasteiger partial charge in [0, 0.05) is 13.5 Å².